The number of rotatable bonds is 4. The SMILES string of the molecule is Cc1ccc(C(=O)NCC2CCC(C(=O)O)CC2)cc1. The lowest BCUT2D eigenvalue weighted by molar-refractivity contribution is -0.143. The molecule has 20 heavy (non-hydrogen) atoms. The normalized spacial score (nSPS) is 22.2. The van der Waals surface area contributed by atoms with Crippen molar-refractivity contribution >= 4 is 11.9 Å². The van der Waals surface area contributed by atoms with Gasteiger partial charge in [-0.05, 0) is 50.7 Å². The van der Waals surface area contributed by atoms with Crippen LogP contribution in [0.5, 0.6) is 0 Å². The maximum Gasteiger partial charge on any atom is 0.306 e. The fourth-order valence-corrected chi connectivity index (χ4v) is 2.66. The minimum absolute atomic E-state index is 0.0506. The zero-order chi connectivity index (χ0) is 14.5. The van der Waals surface area contributed by atoms with Gasteiger partial charge >= 0.3 is 5.97 Å². The average Bonchev–Trinajstić information content (AvgIpc) is 2.46. The molecule has 0 spiro atoms. The summed E-state index contributed by atoms with van der Waals surface area (Å²) in [5.74, 6) is -0.531. The first-order chi connectivity index (χ1) is 9.56. The molecule has 1 fully saturated rings. The van der Waals surface area contributed by atoms with Crippen LogP contribution in [0.15, 0.2) is 24.3 Å². The van der Waals surface area contributed by atoms with E-state index in [1.165, 1.54) is 0 Å². The first-order valence-corrected chi connectivity index (χ1v) is 7.14. The molecule has 1 aliphatic rings. The third-order valence-electron chi connectivity index (χ3n) is 4.06. The predicted molar refractivity (Wildman–Crippen MR) is 76.6 cm³/mol. The number of carboxylic acids is 1. The van der Waals surface area contributed by atoms with E-state index >= 15 is 0 Å². The van der Waals surface area contributed by atoms with Crippen molar-refractivity contribution in [2.75, 3.05) is 6.54 Å². The van der Waals surface area contributed by atoms with Crippen molar-refractivity contribution in [1.29, 1.82) is 0 Å². The van der Waals surface area contributed by atoms with Crippen LogP contribution in [-0.2, 0) is 4.79 Å². The van der Waals surface area contributed by atoms with Crippen molar-refractivity contribution < 1.29 is 14.7 Å². The molecule has 0 atom stereocenters. The van der Waals surface area contributed by atoms with Gasteiger partial charge in [0.05, 0.1) is 5.92 Å². The fraction of sp³-hybridized carbons (Fsp3) is 0.500. The van der Waals surface area contributed by atoms with Gasteiger partial charge in [0.15, 0.2) is 0 Å². The predicted octanol–water partition coefficient (Wildman–Crippen LogP) is 2.62. The Labute approximate surface area is 119 Å². The molecule has 1 amide bonds. The number of carbonyl (C=O) groups is 2. The number of hydrogen-bond donors (Lipinski definition) is 2. The molecular formula is C16H21NO3. The summed E-state index contributed by atoms with van der Waals surface area (Å²) in [6, 6.07) is 7.50. The molecule has 108 valence electrons. The highest BCUT2D eigenvalue weighted by atomic mass is 16.4. The summed E-state index contributed by atoms with van der Waals surface area (Å²) < 4.78 is 0. The third kappa shape index (κ3) is 3.83. The highest BCUT2D eigenvalue weighted by Gasteiger charge is 2.25. The molecule has 1 aliphatic carbocycles. The highest BCUT2D eigenvalue weighted by molar-refractivity contribution is 5.94. The summed E-state index contributed by atoms with van der Waals surface area (Å²) in [7, 11) is 0. The van der Waals surface area contributed by atoms with Gasteiger partial charge in [-0.15, -0.1) is 0 Å². The molecule has 0 heterocycles. The van der Waals surface area contributed by atoms with Crippen molar-refractivity contribution in [2.45, 2.75) is 32.6 Å². The van der Waals surface area contributed by atoms with Crippen LogP contribution >= 0.6 is 0 Å². The Bertz CT molecular complexity index is 473. The van der Waals surface area contributed by atoms with Crippen LogP contribution in [0.2, 0.25) is 0 Å². The molecule has 1 saturated carbocycles. The summed E-state index contributed by atoms with van der Waals surface area (Å²) in [5.41, 5.74) is 1.81. The van der Waals surface area contributed by atoms with E-state index in [9.17, 15) is 9.59 Å². The topological polar surface area (TPSA) is 66.4 Å². The van der Waals surface area contributed by atoms with E-state index in [1.807, 2.05) is 31.2 Å². The molecule has 0 bridgehead atoms. The Hall–Kier alpha value is -1.84. The Morgan fingerprint density at radius 1 is 1.15 bits per heavy atom. The zero-order valence-electron chi connectivity index (χ0n) is 11.8. The van der Waals surface area contributed by atoms with Crippen molar-refractivity contribution in [3.63, 3.8) is 0 Å². The maximum absolute atomic E-state index is 12.0. The number of aliphatic carboxylic acids is 1. The maximum atomic E-state index is 12.0. The largest absolute Gasteiger partial charge is 0.481 e. The molecule has 1 aromatic carbocycles. The van der Waals surface area contributed by atoms with E-state index in [0.29, 0.717) is 18.0 Å². The number of nitrogens with one attached hydrogen (secondary N) is 1. The second kappa shape index (κ2) is 6.55. The Balaban J connectivity index is 1.77. The molecular weight excluding hydrogens is 254 g/mol. The monoisotopic (exact) mass is 275 g/mol. The van der Waals surface area contributed by atoms with Crippen LogP contribution in [0.3, 0.4) is 0 Å². The molecule has 0 radical (unpaired) electrons. The van der Waals surface area contributed by atoms with E-state index in [0.717, 1.165) is 31.2 Å². The molecule has 0 aromatic heterocycles. The molecule has 4 nitrogen and oxygen atoms in total. The first kappa shape index (κ1) is 14.6. The molecule has 1 aromatic rings. The van der Waals surface area contributed by atoms with Crippen LogP contribution in [0.25, 0.3) is 0 Å². The van der Waals surface area contributed by atoms with Crippen LogP contribution in [-0.4, -0.2) is 23.5 Å². The molecule has 0 saturated heterocycles. The zero-order valence-corrected chi connectivity index (χ0v) is 11.8. The van der Waals surface area contributed by atoms with Crippen molar-refractivity contribution in [3.05, 3.63) is 35.4 Å². The van der Waals surface area contributed by atoms with E-state index in [4.69, 9.17) is 5.11 Å². The molecule has 2 N–H and O–H groups in total. The van der Waals surface area contributed by atoms with E-state index in [2.05, 4.69) is 5.32 Å². The van der Waals surface area contributed by atoms with E-state index in [1.54, 1.807) is 0 Å². The summed E-state index contributed by atoms with van der Waals surface area (Å²) in [6.45, 7) is 2.63. The summed E-state index contributed by atoms with van der Waals surface area (Å²) in [6.07, 6.45) is 3.21. The first-order valence-electron chi connectivity index (χ1n) is 7.14. The van der Waals surface area contributed by atoms with Gasteiger partial charge in [-0.3, -0.25) is 9.59 Å². The minimum Gasteiger partial charge on any atom is -0.481 e. The van der Waals surface area contributed by atoms with Gasteiger partial charge in [-0.1, -0.05) is 17.7 Å². The van der Waals surface area contributed by atoms with Crippen molar-refractivity contribution in [3.8, 4) is 0 Å². The smallest absolute Gasteiger partial charge is 0.306 e. The fourth-order valence-electron chi connectivity index (χ4n) is 2.66. The lowest BCUT2D eigenvalue weighted by atomic mass is 9.82. The number of hydrogen-bond acceptors (Lipinski definition) is 2. The number of benzene rings is 1. The minimum atomic E-state index is -0.688. The summed E-state index contributed by atoms with van der Waals surface area (Å²) in [5, 5.41) is 11.9. The Morgan fingerprint density at radius 3 is 2.30 bits per heavy atom. The van der Waals surface area contributed by atoms with Gasteiger partial charge < -0.3 is 10.4 Å². The lowest BCUT2D eigenvalue weighted by Crippen LogP contribution is -2.32. The molecule has 2 rings (SSSR count). The van der Waals surface area contributed by atoms with Gasteiger partial charge in [0.25, 0.3) is 5.91 Å². The number of aryl methyl sites for hydroxylation is 1. The van der Waals surface area contributed by atoms with Crippen LogP contribution in [0.4, 0.5) is 0 Å². The van der Waals surface area contributed by atoms with Crippen molar-refractivity contribution in [2.24, 2.45) is 11.8 Å². The number of carbonyl (C=O) groups excluding carboxylic acids is 1. The number of amides is 1. The van der Waals surface area contributed by atoms with Gasteiger partial charge in [0, 0.05) is 12.1 Å². The quantitative estimate of drug-likeness (QED) is 0.887. The summed E-state index contributed by atoms with van der Waals surface area (Å²) >= 11 is 0. The Kier molecular flexibility index (Phi) is 4.77. The van der Waals surface area contributed by atoms with Crippen LogP contribution < -0.4 is 5.32 Å². The standard InChI is InChI=1S/C16H21NO3/c1-11-2-6-13(7-3-11)15(18)17-10-12-4-8-14(9-5-12)16(19)20/h2-3,6-7,12,14H,4-5,8-10H2,1H3,(H,17,18)(H,19,20). The van der Waals surface area contributed by atoms with Gasteiger partial charge in [-0.25, -0.2) is 0 Å². The van der Waals surface area contributed by atoms with E-state index in [-0.39, 0.29) is 11.8 Å². The van der Waals surface area contributed by atoms with Gasteiger partial charge in [-0.2, -0.15) is 0 Å². The van der Waals surface area contributed by atoms with Gasteiger partial charge in [0.2, 0.25) is 0 Å². The van der Waals surface area contributed by atoms with Crippen LogP contribution in [0, 0.1) is 18.8 Å². The molecule has 4 heteroatoms. The summed E-state index contributed by atoms with van der Waals surface area (Å²) in [4.78, 5) is 22.8. The number of carboxylic acid groups (broad SMARTS) is 1. The lowest BCUT2D eigenvalue weighted by Gasteiger charge is -2.26. The average molecular weight is 275 g/mol. The second-order valence-corrected chi connectivity index (χ2v) is 5.63. The Morgan fingerprint density at radius 2 is 1.75 bits per heavy atom. The molecule has 0 aliphatic heterocycles. The molecule has 0 unspecified atom stereocenters. The van der Waals surface area contributed by atoms with Crippen molar-refractivity contribution in [1.82, 2.24) is 5.32 Å². The van der Waals surface area contributed by atoms with Crippen LogP contribution in [0.1, 0.15) is 41.6 Å². The van der Waals surface area contributed by atoms with Gasteiger partial charge in [0.1, 0.15) is 0 Å². The third-order valence-corrected chi connectivity index (χ3v) is 4.06. The second-order valence-electron chi connectivity index (χ2n) is 5.63. The van der Waals surface area contributed by atoms with E-state index < -0.39 is 5.97 Å². The highest BCUT2D eigenvalue weighted by Crippen LogP contribution is 2.28.